The summed E-state index contributed by atoms with van der Waals surface area (Å²) in [5.41, 5.74) is 2.65. The number of imidazole rings is 1. The number of fused-ring (bicyclic) bond motifs is 2. The summed E-state index contributed by atoms with van der Waals surface area (Å²) in [4.78, 5) is 19.3. The van der Waals surface area contributed by atoms with Crippen molar-refractivity contribution >= 4 is 23.0 Å². The van der Waals surface area contributed by atoms with Crippen LogP contribution in [0.2, 0.25) is 0 Å². The fourth-order valence-corrected chi connectivity index (χ4v) is 3.82. The summed E-state index contributed by atoms with van der Waals surface area (Å²) in [6.45, 7) is 2.23. The van der Waals surface area contributed by atoms with Gasteiger partial charge in [0.15, 0.2) is 5.65 Å². The zero-order valence-electron chi connectivity index (χ0n) is 16.0. The number of piperidine rings is 1. The zero-order chi connectivity index (χ0) is 19.6. The normalized spacial score (nSPS) is 15.2. The van der Waals surface area contributed by atoms with Crippen molar-refractivity contribution in [2.75, 3.05) is 24.5 Å². The summed E-state index contributed by atoms with van der Waals surface area (Å²) in [5.74, 6) is 1.07. The highest BCUT2D eigenvalue weighted by atomic mass is 16.1. The number of aromatic nitrogens is 6. The summed E-state index contributed by atoms with van der Waals surface area (Å²) in [7, 11) is 0. The largest absolute Gasteiger partial charge is 0.355 e. The van der Waals surface area contributed by atoms with Crippen molar-refractivity contribution in [3.8, 4) is 0 Å². The van der Waals surface area contributed by atoms with Gasteiger partial charge in [0.05, 0.1) is 5.69 Å². The first-order chi connectivity index (χ1) is 14.3. The Balaban J connectivity index is 1.12. The molecule has 0 saturated carbocycles. The Morgan fingerprint density at radius 1 is 1.14 bits per heavy atom. The van der Waals surface area contributed by atoms with E-state index in [-0.39, 0.29) is 11.8 Å². The molecule has 5 rings (SSSR count). The van der Waals surface area contributed by atoms with Gasteiger partial charge in [-0.3, -0.25) is 4.79 Å². The summed E-state index contributed by atoms with van der Waals surface area (Å²) < 4.78 is 3.67. The highest BCUT2D eigenvalue weighted by Crippen LogP contribution is 2.22. The molecule has 9 heteroatoms. The molecule has 4 aromatic rings. The van der Waals surface area contributed by atoms with E-state index in [0.29, 0.717) is 6.54 Å². The van der Waals surface area contributed by atoms with Crippen molar-refractivity contribution in [3.63, 3.8) is 0 Å². The molecule has 0 atom stereocenters. The molecule has 0 unspecified atom stereocenters. The number of carbonyl (C=O) groups is 1. The van der Waals surface area contributed by atoms with Crippen LogP contribution in [0.25, 0.3) is 11.3 Å². The van der Waals surface area contributed by atoms with E-state index in [4.69, 9.17) is 0 Å². The van der Waals surface area contributed by atoms with Crippen molar-refractivity contribution < 1.29 is 4.79 Å². The first-order valence-electron chi connectivity index (χ1n) is 9.88. The van der Waals surface area contributed by atoms with Crippen LogP contribution in [0, 0.1) is 5.92 Å². The van der Waals surface area contributed by atoms with Gasteiger partial charge in [-0.1, -0.05) is 6.07 Å². The first-order valence-corrected chi connectivity index (χ1v) is 9.88. The lowest BCUT2D eigenvalue weighted by molar-refractivity contribution is -0.125. The number of nitrogens with one attached hydrogen (secondary N) is 1. The van der Waals surface area contributed by atoms with E-state index < -0.39 is 0 Å². The maximum atomic E-state index is 12.6. The van der Waals surface area contributed by atoms with E-state index in [9.17, 15) is 4.79 Å². The van der Waals surface area contributed by atoms with Gasteiger partial charge in [-0.25, -0.2) is 4.98 Å². The average molecular weight is 390 g/mol. The molecule has 1 N–H and O–H groups in total. The Kier molecular flexibility index (Phi) is 4.55. The maximum Gasteiger partial charge on any atom is 0.223 e. The van der Waals surface area contributed by atoms with E-state index in [1.54, 1.807) is 10.8 Å². The van der Waals surface area contributed by atoms with Crippen LogP contribution in [0.1, 0.15) is 18.5 Å². The van der Waals surface area contributed by atoms with Crippen molar-refractivity contribution in [3.05, 3.63) is 54.7 Å². The molecule has 0 spiro atoms. The van der Waals surface area contributed by atoms with Crippen LogP contribution in [0.15, 0.2) is 49.1 Å². The van der Waals surface area contributed by atoms with Gasteiger partial charge < -0.3 is 14.6 Å². The standard InChI is InChI=1S/C20H22N8O/c29-20(21-9-6-16-13-27-10-2-1-3-17(27)23-16)15-7-11-26(12-8-15)19-5-4-18-24-22-14-28(18)25-19/h1-5,10,13-15H,6-9,11-12H2,(H,21,29). The number of hydrogen-bond donors (Lipinski definition) is 1. The zero-order valence-corrected chi connectivity index (χ0v) is 16.0. The van der Waals surface area contributed by atoms with E-state index in [0.717, 1.165) is 55.2 Å². The Labute approximate surface area is 167 Å². The molecule has 9 nitrogen and oxygen atoms in total. The first kappa shape index (κ1) is 17.6. The third kappa shape index (κ3) is 3.63. The third-order valence-corrected chi connectivity index (χ3v) is 5.43. The number of pyridine rings is 1. The molecular weight excluding hydrogens is 368 g/mol. The molecule has 0 bridgehead atoms. The highest BCUT2D eigenvalue weighted by Gasteiger charge is 2.25. The number of carbonyl (C=O) groups excluding carboxylic acids is 1. The van der Waals surface area contributed by atoms with E-state index in [2.05, 4.69) is 30.5 Å². The smallest absolute Gasteiger partial charge is 0.223 e. The lowest BCUT2D eigenvalue weighted by atomic mass is 9.96. The van der Waals surface area contributed by atoms with Gasteiger partial charge >= 0.3 is 0 Å². The second kappa shape index (κ2) is 7.50. The molecule has 0 radical (unpaired) electrons. The van der Waals surface area contributed by atoms with Crippen LogP contribution in [0.5, 0.6) is 0 Å². The van der Waals surface area contributed by atoms with Crippen LogP contribution in [0.3, 0.4) is 0 Å². The summed E-state index contributed by atoms with van der Waals surface area (Å²) >= 11 is 0. The fourth-order valence-electron chi connectivity index (χ4n) is 3.82. The number of hydrogen-bond acceptors (Lipinski definition) is 6. The second-order valence-corrected chi connectivity index (χ2v) is 7.33. The minimum Gasteiger partial charge on any atom is -0.355 e. The van der Waals surface area contributed by atoms with Gasteiger partial charge in [0.1, 0.15) is 17.8 Å². The highest BCUT2D eigenvalue weighted by molar-refractivity contribution is 5.79. The summed E-state index contributed by atoms with van der Waals surface area (Å²) in [6, 6.07) is 9.80. The van der Waals surface area contributed by atoms with Crippen molar-refractivity contribution in [2.45, 2.75) is 19.3 Å². The molecule has 0 aliphatic carbocycles. The molecule has 1 saturated heterocycles. The third-order valence-electron chi connectivity index (χ3n) is 5.43. The quantitative estimate of drug-likeness (QED) is 0.553. The van der Waals surface area contributed by atoms with Crippen molar-refractivity contribution in [1.82, 2.24) is 34.5 Å². The molecule has 29 heavy (non-hydrogen) atoms. The predicted molar refractivity (Wildman–Crippen MR) is 108 cm³/mol. The number of amides is 1. The summed E-state index contributed by atoms with van der Waals surface area (Å²) in [5, 5.41) is 15.5. The molecule has 4 aromatic heterocycles. The molecule has 0 aromatic carbocycles. The minimum absolute atomic E-state index is 0.0472. The van der Waals surface area contributed by atoms with Crippen LogP contribution in [-0.2, 0) is 11.2 Å². The van der Waals surface area contributed by atoms with Crippen LogP contribution in [0.4, 0.5) is 5.82 Å². The van der Waals surface area contributed by atoms with Gasteiger partial charge in [-0.05, 0) is 37.1 Å². The topological polar surface area (TPSA) is 92.7 Å². The Bertz CT molecular complexity index is 1110. The minimum atomic E-state index is 0.0472. The number of anilines is 1. The Morgan fingerprint density at radius 3 is 2.90 bits per heavy atom. The lowest BCUT2D eigenvalue weighted by Crippen LogP contribution is -2.41. The van der Waals surface area contributed by atoms with E-state index in [1.807, 2.05) is 47.1 Å². The lowest BCUT2D eigenvalue weighted by Gasteiger charge is -2.32. The average Bonchev–Trinajstić information content (AvgIpc) is 3.39. The van der Waals surface area contributed by atoms with Gasteiger partial charge in [-0.15, -0.1) is 15.3 Å². The van der Waals surface area contributed by atoms with Crippen LogP contribution >= 0.6 is 0 Å². The Morgan fingerprint density at radius 2 is 2.03 bits per heavy atom. The predicted octanol–water partition coefficient (Wildman–Crippen LogP) is 1.35. The molecule has 148 valence electrons. The van der Waals surface area contributed by atoms with E-state index >= 15 is 0 Å². The monoisotopic (exact) mass is 390 g/mol. The summed E-state index contributed by atoms with van der Waals surface area (Å²) in [6.07, 6.45) is 7.97. The van der Waals surface area contributed by atoms with Crippen LogP contribution < -0.4 is 10.2 Å². The van der Waals surface area contributed by atoms with Crippen molar-refractivity contribution in [2.24, 2.45) is 5.92 Å². The number of rotatable bonds is 5. The maximum absolute atomic E-state index is 12.6. The van der Waals surface area contributed by atoms with Gasteiger partial charge in [0.2, 0.25) is 5.91 Å². The van der Waals surface area contributed by atoms with Gasteiger partial charge in [0.25, 0.3) is 0 Å². The SMILES string of the molecule is O=C(NCCc1cn2ccccc2n1)C1CCN(c2ccc3nncn3n2)CC1. The van der Waals surface area contributed by atoms with Gasteiger partial charge in [-0.2, -0.15) is 4.52 Å². The molecule has 1 fully saturated rings. The number of nitrogens with zero attached hydrogens (tertiary/aromatic N) is 7. The molecule has 1 amide bonds. The second-order valence-electron chi connectivity index (χ2n) is 7.33. The van der Waals surface area contributed by atoms with E-state index in [1.165, 1.54) is 0 Å². The molecular formula is C20H22N8O. The van der Waals surface area contributed by atoms with Crippen LogP contribution in [-0.4, -0.2) is 54.7 Å². The molecule has 1 aliphatic rings. The van der Waals surface area contributed by atoms with Gasteiger partial charge in [0, 0.05) is 44.4 Å². The molecule has 1 aliphatic heterocycles. The fraction of sp³-hybridized carbons (Fsp3) is 0.350. The van der Waals surface area contributed by atoms with Crippen molar-refractivity contribution in [1.29, 1.82) is 0 Å². The Hall–Kier alpha value is -3.49. The molecule has 5 heterocycles.